The lowest BCUT2D eigenvalue weighted by Gasteiger charge is -2.30. The van der Waals surface area contributed by atoms with Crippen molar-refractivity contribution in [1.82, 2.24) is 9.55 Å². The number of hydrogen-bond donors (Lipinski definition) is 0. The van der Waals surface area contributed by atoms with Gasteiger partial charge in [0.25, 0.3) is 5.56 Å². The first kappa shape index (κ1) is 11.9. The lowest BCUT2D eigenvalue weighted by Crippen LogP contribution is -2.37. The first-order valence-corrected chi connectivity index (χ1v) is 5.22. The van der Waals surface area contributed by atoms with Crippen LogP contribution in [0.4, 0.5) is 19.1 Å². The van der Waals surface area contributed by atoms with E-state index in [0.29, 0.717) is 13.0 Å². The number of anilines is 1. The predicted molar refractivity (Wildman–Crippen MR) is 56.1 cm³/mol. The van der Waals surface area contributed by atoms with E-state index in [4.69, 9.17) is 0 Å². The third-order valence-corrected chi connectivity index (χ3v) is 2.87. The number of hydrogen-bond acceptors (Lipinski definition) is 3. The highest BCUT2D eigenvalue weighted by Crippen LogP contribution is 2.33. The monoisotopic (exact) mass is 247 g/mol. The molecule has 1 aromatic heterocycles. The van der Waals surface area contributed by atoms with E-state index < -0.39 is 17.4 Å². The van der Waals surface area contributed by atoms with Crippen molar-refractivity contribution in [2.45, 2.75) is 26.1 Å². The number of nitrogens with zero attached hydrogens (tertiary/aromatic N) is 3. The van der Waals surface area contributed by atoms with Crippen molar-refractivity contribution in [3.05, 3.63) is 21.6 Å². The summed E-state index contributed by atoms with van der Waals surface area (Å²) in [6.07, 6.45) is -3.92. The van der Waals surface area contributed by atoms with E-state index >= 15 is 0 Å². The molecule has 0 aromatic carbocycles. The van der Waals surface area contributed by atoms with Gasteiger partial charge < -0.3 is 9.47 Å². The normalized spacial score (nSPS) is 15.9. The first-order valence-electron chi connectivity index (χ1n) is 5.22. The van der Waals surface area contributed by atoms with Gasteiger partial charge >= 0.3 is 6.18 Å². The van der Waals surface area contributed by atoms with E-state index in [2.05, 4.69) is 4.98 Å². The maximum absolute atomic E-state index is 12.9. The van der Waals surface area contributed by atoms with Crippen molar-refractivity contribution in [2.24, 2.45) is 0 Å². The fraction of sp³-hybridized carbons (Fsp3) is 0.600. The fourth-order valence-corrected chi connectivity index (χ4v) is 2.07. The molecule has 1 aliphatic rings. The van der Waals surface area contributed by atoms with Crippen LogP contribution in [0.1, 0.15) is 17.7 Å². The molecule has 2 rings (SSSR count). The number of rotatable bonds is 0. The summed E-state index contributed by atoms with van der Waals surface area (Å²) in [5, 5.41) is 0. The summed E-state index contributed by atoms with van der Waals surface area (Å²) in [5.41, 5.74) is -2.02. The van der Waals surface area contributed by atoms with Crippen LogP contribution in [0.2, 0.25) is 0 Å². The highest BCUT2D eigenvalue weighted by molar-refractivity contribution is 5.37. The maximum Gasteiger partial charge on any atom is 0.431 e. The Hall–Kier alpha value is -1.53. The standard InChI is InChI=1S/C10H12F3N3O/c1-6-7(10(11,12)13)16-5-3-4-15(2)9(16)14-8(6)17/h3-5H2,1-2H3. The third kappa shape index (κ3) is 1.89. The fourth-order valence-electron chi connectivity index (χ4n) is 2.07. The van der Waals surface area contributed by atoms with Crippen LogP contribution in [0.3, 0.4) is 0 Å². The highest BCUT2D eigenvalue weighted by atomic mass is 19.4. The van der Waals surface area contributed by atoms with Crippen molar-refractivity contribution >= 4 is 5.95 Å². The Balaban J connectivity index is 2.77. The molecule has 0 N–H and O–H groups in total. The van der Waals surface area contributed by atoms with E-state index in [-0.39, 0.29) is 18.1 Å². The maximum atomic E-state index is 12.9. The summed E-state index contributed by atoms with van der Waals surface area (Å²) >= 11 is 0. The van der Waals surface area contributed by atoms with Crippen LogP contribution in [-0.4, -0.2) is 23.1 Å². The second kappa shape index (κ2) is 3.75. The van der Waals surface area contributed by atoms with E-state index in [1.165, 1.54) is 6.92 Å². The van der Waals surface area contributed by atoms with E-state index in [1.54, 1.807) is 11.9 Å². The van der Waals surface area contributed by atoms with Crippen LogP contribution < -0.4 is 10.5 Å². The van der Waals surface area contributed by atoms with Crippen molar-refractivity contribution < 1.29 is 13.2 Å². The summed E-state index contributed by atoms with van der Waals surface area (Å²) in [4.78, 5) is 16.7. The minimum absolute atomic E-state index is 0.0965. The molecule has 0 spiro atoms. The summed E-state index contributed by atoms with van der Waals surface area (Å²) in [6, 6.07) is 0. The van der Waals surface area contributed by atoms with Gasteiger partial charge in [-0.25, -0.2) is 0 Å². The zero-order valence-corrected chi connectivity index (χ0v) is 9.51. The zero-order valence-electron chi connectivity index (χ0n) is 9.51. The lowest BCUT2D eigenvalue weighted by atomic mass is 10.2. The number of aromatic nitrogens is 2. The first-order chi connectivity index (χ1) is 7.82. The Bertz CT molecular complexity index is 507. The van der Waals surface area contributed by atoms with E-state index in [9.17, 15) is 18.0 Å². The SMILES string of the molecule is Cc1c(C(F)(F)F)n2c(nc1=O)N(C)CCC2. The van der Waals surface area contributed by atoms with Crippen molar-refractivity contribution in [3.8, 4) is 0 Å². The lowest BCUT2D eigenvalue weighted by molar-refractivity contribution is -0.144. The Labute approximate surface area is 95.7 Å². The highest BCUT2D eigenvalue weighted by Gasteiger charge is 2.38. The summed E-state index contributed by atoms with van der Waals surface area (Å²) in [5.74, 6) is 0.0965. The van der Waals surface area contributed by atoms with Crippen LogP contribution in [-0.2, 0) is 12.7 Å². The van der Waals surface area contributed by atoms with Crippen LogP contribution in [0.5, 0.6) is 0 Å². The molecule has 0 saturated carbocycles. The molecule has 2 heterocycles. The minimum Gasteiger partial charge on any atom is -0.345 e. The van der Waals surface area contributed by atoms with Gasteiger partial charge in [0.2, 0.25) is 5.95 Å². The van der Waals surface area contributed by atoms with Crippen molar-refractivity contribution in [2.75, 3.05) is 18.5 Å². The molecule has 0 amide bonds. The third-order valence-electron chi connectivity index (χ3n) is 2.87. The molecule has 94 valence electrons. The molecule has 0 unspecified atom stereocenters. The average molecular weight is 247 g/mol. The van der Waals surface area contributed by atoms with Gasteiger partial charge in [-0.3, -0.25) is 4.79 Å². The Morgan fingerprint density at radius 3 is 2.53 bits per heavy atom. The van der Waals surface area contributed by atoms with Crippen molar-refractivity contribution in [1.29, 1.82) is 0 Å². The zero-order chi connectivity index (χ0) is 12.8. The summed E-state index contributed by atoms with van der Waals surface area (Å²) < 4.78 is 39.9. The van der Waals surface area contributed by atoms with Crippen LogP contribution in [0.15, 0.2) is 4.79 Å². The van der Waals surface area contributed by atoms with Crippen LogP contribution >= 0.6 is 0 Å². The quantitative estimate of drug-likeness (QED) is 0.695. The van der Waals surface area contributed by atoms with Gasteiger partial charge in [0.1, 0.15) is 5.69 Å². The number of fused-ring (bicyclic) bond motifs is 1. The predicted octanol–water partition coefficient (Wildman–Crippen LogP) is 1.41. The van der Waals surface area contributed by atoms with Gasteiger partial charge in [0.05, 0.1) is 0 Å². The molecule has 0 aliphatic carbocycles. The largest absolute Gasteiger partial charge is 0.431 e. The number of halogens is 3. The second-order valence-electron chi connectivity index (χ2n) is 4.12. The van der Waals surface area contributed by atoms with Gasteiger partial charge in [-0.2, -0.15) is 18.2 Å². The number of alkyl halides is 3. The van der Waals surface area contributed by atoms with Crippen LogP contribution in [0, 0.1) is 6.92 Å². The molecule has 0 radical (unpaired) electrons. The van der Waals surface area contributed by atoms with Gasteiger partial charge in [0.15, 0.2) is 0 Å². The van der Waals surface area contributed by atoms with Gasteiger partial charge in [-0.1, -0.05) is 0 Å². The summed E-state index contributed by atoms with van der Waals surface area (Å²) in [7, 11) is 1.63. The topological polar surface area (TPSA) is 38.1 Å². The minimum atomic E-state index is -4.53. The Morgan fingerprint density at radius 2 is 1.94 bits per heavy atom. The molecule has 0 bridgehead atoms. The molecule has 1 aliphatic heterocycles. The molecule has 0 saturated heterocycles. The molecule has 0 fully saturated rings. The average Bonchev–Trinajstić information content (AvgIpc) is 2.19. The molecule has 4 nitrogen and oxygen atoms in total. The van der Waals surface area contributed by atoms with Gasteiger partial charge in [-0.05, 0) is 13.3 Å². The molecule has 0 atom stereocenters. The summed E-state index contributed by atoms with van der Waals surface area (Å²) in [6.45, 7) is 2.01. The van der Waals surface area contributed by atoms with E-state index in [1.807, 2.05) is 0 Å². The molecule has 17 heavy (non-hydrogen) atoms. The molecule has 7 heteroatoms. The smallest absolute Gasteiger partial charge is 0.345 e. The molecule has 1 aromatic rings. The Morgan fingerprint density at radius 1 is 1.29 bits per heavy atom. The van der Waals surface area contributed by atoms with Crippen molar-refractivity contribution in [3.63, 3.8) is 0 Å². The Kier molecular flexibility index (Phi) is 2.63. The molecular weight excluding hydrogens is 235 g/mol. The molecular formula is C10H12F3N3O. The van der Waals surface area contributed by atoms with E-state index in [0.717, 1.165) is 4.57 Å². The van der Waals surface area contributed by atoms with Gasteiger partial charge in [-0.15, -0.1) is 0 Å². The van der Waals surface area contributed by atoms with Crippen LogP contribution in [0.25, 0.3) is 0 Å². The second-order valence-corrected chi connectivity index (χ2v) is 4.12. The van der Waals surface area contributed by atoms with Gasteiger partial charge in [0, 0.05) is 25.7 Å².